The van der Waals surface area contributed by atoms with Crippen LogP contribution in [0.15, 0.2) is 0 Å². The monoisotopic (exact) mass is 174 g/mol. The SMILES string of the molecule is NCCNC(=O)CC1CSC1. The Bertz CT molecular complexity index is 136. The lowest BCUT2D eigenvalue weighted by Crippen LogP contribution is -2.33. The minimum atomic E-state index is 0.153. The Kier molecular flexibility index (Phi) is 3.72. The molecule has 1 aliphatic rings. The summed E-state index contributed by atoms with van der Waals surface area (Å²) in [6.07, 6.45) is 0.687. The molecule has 0 unspecified atom stereocenters. The Morgan fingerprint density at radius 2 is 2.36 bits per heavy atom. The molecule has 11 heavy (non-hydrogen) atoms. The standard InChI is InChI=1S/C7H14N2OS/c8-1-2-9-7(10)3-6-4-11-5-6/h6H,1-5,8H2,(H,9,10). The van der Waals surface area contributed by atoms with Crippen LogP contribution in [0.25, 0.3) is 0 Å². The molecule has 0 bridgehead atoms. The van der Waals surface area contributed by atoms with Crippen molar-refractivity contribution in [1.29, 1.82) is 0 Å². The third-order valence-corrected chi connectivity index (χ3v) is 3.06. The molecule has 0 aromatic carbocycles. The van der Waals surface area contributed by atoms with E-state index in [1.807, 2.05) is 11.8 Å². The Labute approximate surface area is 71.1 Å². The van der Waals surface area contributed by atoms with Crippen LogP contribution in [0.2, 0.25) is 0 Å². The van der Waals surface area contributed by atoms with Crippen LogP contribution in [0.3, 0.4) is 0 Å². The summed E-state index contributed by atoms with van der Waals surface area (Å²) >= 11 is 1.91. The van der Waals surface area contributed by atoms with Crippen molar-refractivity contribution in [1.82, 2.24) is 5.32 Å². The third kappa shape index (κ3) is 3.12. The van der Waals surface area contributed by atoms with Gasteiger partial charge < -0.3 is 11.1 Å². The van der Waals surface area contributed by atoms with Crippen molar-refractivity contribution in [2.24, 2.45) is 11.7 Å². The number of thioether (sulfide) groups is 1. The number of hydrogen-bond acceptors (Lipinski definition) is 3. The van der Waals surface area contributed by atoms with Crippen LogP contribution in [0, 0.1) is 5.92 Å². The highest BCUT2D eigenvalue weighted by Crippen LogP contribution is 2.26. The molecule has 0 saturated carbocycles. The van der Waals surface area contributed by atoms with Crippen molar-refractivity contribution in [3.8, 4) is 0 Å². The van der Waals surface area contributed by atoms with Crippen LogP contribution in [-0.4, -0.2) is 30.5 Å². The van der Waals surface area contributed by atoms with Crippen molar-refractivity contribution in [3.63, 3.8) is 0 Å². The van der Waals surface area contributed by atoms with Gasteiger partial charge in [0.2, 0.25) is 5.91 Å². The summed E-state index contributed by atoms with van der Waals surface area (Å²) in [4.78, 5) is 11.0. The van der Waals surface area contributed by atoms with Gasteiger partial charge in [0, 0.05) is 19.5 Å². The predicted octanol–water partition coefficient (Wildman–Crippen LogP) is -0.186. The maximum Gasteiger partial charge on any atom is 0.220 e. The van der Waals surface area contributed by atoms with E-state index in [0.29, 0.717) is 25.4 Å². The summed E-state index contributed by atoms with van der Waals surface area (Å²) in [5, 5.41) is 2.76. The van der Waals surface area contributed by atoms with Crippen LogP contribution in [0.1, 0.15) is 6.42 Å². The normalized spacial score (nSPS) is 17.5. The molecule has 0 radical (unpaired) electrons. The van der Waals surface area contributed by atoms with E-state index in [2.05, 4.69) is 5.32 Å². The Balaban J connectivity index is 2.00. The molecule has 64 valence electrons. The number of hydrogen-bond donors (Lipinski definition) is 2. The van der Waals surface area contributed by atoms with Gasteiger partial charge >= 0.3 is 0 Å². The summed E-state index contributed by atoms with van der Waals surface area (Å²) in [7, 11) is 0. The van der Waals surface area contributed by atoms with Gasteiger partial charge in [-0.3, -0.25) is 4.79 Å². The molecule has 1 fully saturated rings. The maximum atomic E-state index is 11.0. The molecule has 1 aliphatic heterocycles. The lowest BCUT2D eigenvalue weighted by Gasteiger charge is -2.23. The van der Waals surface area contributed by atoms with Gasteiger partial charge in [0.1, 0.15) is 0 Å². The molecule has 1 amide bonds. The van der Waals surface area contributed by atoms with E-state index in [9.17, 15) is 4.79 Å². The summed E-state index contributed by atoms with van der Waals surface area (Å²) < 4.78 is 0. The van der Waals surface area contributed by atoms with Gasteiger partial charge in [-0.05, 0) is 17.4 Å². The van der Waals surface area contributed by atoms with Crippen LogP contribution >= 0.6 is 11.8 Å². The van der Waals surface area contributed by atoms with Crippen molar-refractivity contribution >= 4 is 17.7 Å². The highest BCUT2D eigenvalue weighted by atomic mass is 32.2. The van der Waals surface area contributed by atoms with Crippen molar-refractivity contribution < 1.29 is 4.79 Å². The Morgan fingerprint density at radius 1 is 1.64 bits per heavy atom. The van der Waals surface area contributed by atoms with Gasteiger partial charge in [-0.15, -0.1) is 0 Å². The molecule has 0 aromatic heterocycles. The first-order valence-electron chi connectivity index (χ1n) is 3.87. The molecule has 0 atom stereocenters. The second kappa shape index (κ2) is 4.62. The quantitative estimate of drug-likeness (QED) is 0.621. The number of rotatable bonds is 4. The highest BCUT2D eigenvalue weighted by molar-refractivity contribution is 8.00. The fourth-order valence-corrected chi connectivity index (χ4v) is 1.75. The molecule has 1 heterocycles. The fraction of sp³-hybridized carbons (Fsp3) is 0.857. The van der Waals surface area contributed by atoms with Gasteiger partial charge in [-0.25, -0.2) is 0 Å². The van der Waals surface area contributed by atoms with E-state index in [0.717, 1.165) is 11.5 Å². The van der Waals surface area contributed by atoms with Crippen molar-refractivity contribution in [3.05, 3.63) is 0 Å². The number of carbonyl (C=O) groups excluding carboxylic acids is 1. The van der Waals surface area contributed by atoms with Crippen molar-refractivity contribution in [2.75, 3.05) is 24.6 Å². The van der Waals surface area contributed by atoms with Crippen LogP contribution < -0.4 is 11.1 Å². The topological polar surface area (TPSA) is 55.1 Å². The van der Waals surface area contributed by atoms with Gasteiger partial charge in [0.05, 0.1) is 0 Å². The zero-order chi connectivity index (χ0) is 8.10. The fourth-order valence-electron chi connectivity index (χ4n) is 0.948. The molecule has 0 spiro atoms. The van der Waals surface area contributed by atoms with Gasteiger partial charge in [0.15, 0.2) is 0 Å². The van der Waals surface area contributed by atoms with E-state index in [4.69, 9.17) is 5.73 Å². The first-order valence-corrected chi connectivity index (χ1v) is 5.03. The predicted molar refractivity (Wildman–Crippen MR) is 47.5 cm³/mol. The zero-order valence-electron chi connectivity index (χ0n) is 6.51. The number of nitrogens with one attached hydrogen (secondary N) is 1. The number of nitrogens with two attached hydrogens (primary N) is 1. The average molecular weight is 174 g/mol. The van der Waals surface area contributed by atoms with Crippen LogP contribution in [0.5, 0.6) is 0 Å². The first-order chi connectivity index (χ1) is 5.33. The Morgan fingerprint density at radius 3 is 2.82 bits per heavy atom. The molecule has 4 heteroatoms. The maximum absolute atomic E-state index is 11.0. The molecule has 1 saturated heterocycles. The van der Waals surface area contributed by atoms with E-state index >= 15 is 0 Å². The van der Waals surface area contributed by atoms with Crippen LogP contribution in [0.4, 0.5) is 0 Å². The second-order valence-electron chi connectivity index (χ2n) is 2.75. The van der Waals surface area contributed by atoms with Gasteiger partial charge in [0.25, 0.3) is 0 Å². The summed E-state index contributed by atoms with van der Waals surface area (Å²) in [5.74, 6) is 3.07. The largest absolute Gasteiger partial charge is 0.355 e. The minimum absolute atomic E-state index is 0.153. The average Bonchev–Trinajstić information content (AvgIpc) is 1.93. The summed E-state index contributed by atoms with van der Waals surface area (Å²) in [6.45, 7) is 1.14. The number of carbonyl (C=O) groups is 1. The van der Waals surface area contributed by atoms with E-state index in [1.54, 1.807) is 0 Å². The lowest BCUT2D eigenvalue weighted by atomic mass is 10.1. The van der Waals surface area contributed by atoms with E-state index in [-0.39, 0.29) is 5.91 Å². The van der Waals surface area contributed by atoms with Crippen LogP contribution in [-0.2, 0) is 4.79 Å². The molecular formula is C7H14N2OS. The summed E-state index contributed by atoms with van der Waals surface area (Å²) in [6, 6.07) is 0. The van der Waals surface area contributed by atoms with E-state index in [1.165, 1.54) is 0 Å². The third-order valence-electron chi connectivity index (χ3n) is 1.65. The van der Waals surface area contributed by atoms with Gasteiger partial charge in [-0.2, -0.15) is 11.8 Å². The molecule has 0 aliphatic carbocycles. The minimum Gasteiger partial charge on any atom is -0.355 e. The second-order valence-corrected chi connectivity index (χ2v) is 3.82. The van der Waals surface area contributed by atoms with Crippen molar-refractivity contribution in [2.45, 2.75) is 6.42 Å². The first kappa shape index (κ1) is 8.87. The molecule has 0 aromatic rings. The highest BCUT2D eigenvalue weighted by Gasteiger charge is 2.20. The lowest BCUT2D eigenvalue weighted by molar-refractivity contribution is -0.121. The summed E-state index contributed by atoms with van der Waals surface area (Å²) in [5.41, 5.74) is 5.24. The smallest absolute Gasteiger partial charge is 0.220 e. The zero-order valence-corrected chi connectivity index (χ0v) is 7.32. The molecule has 3 nitrogen and oxygen atoms in total. The molecular weight excluding hydrogens is 160 g/mol. The number of amides is 1. The molecule has 1 rings (SSSR count). The van der Waals surface area contributed by atoms with E-state index < -0.39 is 0 Å². The molecule has 3 N–H and O–H groups in total. The Hall–Kier alpha value is -0.220. The van der Waals surface area contributed by atoms with Gasteiger partial charge in [-0.1, -0.05) is 0 Å².